The number of unbranched alkanes of at least 4 members (excludes halogenated alkanes) is 1. The molecule has 0 aliphatic heterocycles. The largest absolute Gasteiger partial charge is 0.488 e. The minimum absolute atomic E-state index is 0.0409. The maximum Gasteiger partial charge on any atom is 0.488 e. The molecule has 0 fully saturated rings. The average Bonchev–Trinajstić information content (AvgIpc) is 2.29. The van der Waals surface area contributed by atoms with Gasteiger partial charge in [-0.25, -0.2) is 13.1 Å². The van der Waals surface area contributed by atoms with E-state index in [9.17, 15) is 8.42 Å². The molecular weight excluding hydrogens is 241 g/mol. The van der Waals surface area contributed by atoms with Crippen LogP contribution in [-0.2, 0) is 10.0 Å². The molecule has 94 valence electrons. The van der Waals surface area contributed by atoms with E-state index in [4.69, 9.17) is 10.0 Å². The van der Waals surface area contributed by atoms with Gasteiger partial charge in [-0.2, -0.15) is 0 Å². The van der Waals surface area contributed by atoms with Gasteiger partial charge >= 0.3 is 7.12 Å². The van der Waals surface area contributed by atoms with Crippen molar-refractivity contribution in [3.63, 3.8) is 0 Å². The molecule has 0 unspecified atom stereocenters. The molecule has 1 aromatic rings. The summed E-state index contributed by atoms with van der Waals surface area (Å²) in [6, 6.07) is 5.60. The van der Waals surface area contributed by atoms with Crippen molar-refractivity contribution in [3.05, 3.63) is 24.3 Å². The monoisotopic (exact) mass is 257 g/mol. The highest BCUT2D eigenvalue weighted by molar-refractivity contribution is 7.89. The molecule has 0 amide bonds. The molecule has 0 aliphatic rings. The van der Waals surface area contributed by atoms with Crippen molar-refractivity contribution < 1.29 is 18.5 Å². The summed E-state index contributed by atoms with van der Waals surface area (Å²) in [5.41, 5.74) is 0.156. The first-order chi connectivity index (χ1) is 7.97. The van der Waals surface area contributed by atoms with Crippen LogP contribution in [0.3, 0.4) is 0 Å². The van der Waals surface area contributed by atoms with Crippen LogP contribution in [0.25, 0.3) is 0 Å². The molecule has 0 spiro atoms. The van der Waals surface area contributed by atoms with Crippen molar-refractivity contribution >= 4 is 22.6 Å². The standard InChI is InChI=1S/C10H16BNO4S/c1-2-3-7-12-17(15,16)10-6-4-5-9(8-10)11(13)14/h4-6,8,12-14H,2-3,7H2,1H3. The van der Waals surface area contributed by atoms with Crippen LogP contribution in [-0.4, -0.2) is 32.1 Å². The summed E-state index contributed by atoms with van der Waals surface area (Å²) in [5.74, 6) is 0. The molecule has 1 aromatic carbocycles. The van der Waals surface area contributed by atoms with E-state index in [1.54, 1.807) is 0 Å². The fraction of sp³-hybridized carbons (Fsp3) is 0.400. The van der Waals surface area contributed by atoms with E-state index in [0.29, 0.717) is 6.54 Å². The number of rotatable bonds is 6. The van der Waals surface area contributed by atoms with Gasteiger partial charge in [-0.15, -0.1) is 0 Å². The summed E-state index contributed by atoms with van der Waals surface area (Å²) in [7, 11) is -5.23. The fourth-order valence-corrected chi connectivity index (χ4v) is 2.44. The topological polar surface area (TPSA) is 86.6 Å². The Labute approximate surface area is 102 Å². The van der Waals surface area contributed by atoms with Crippen molar-refractivity contribution in [2.75, 3.05) is 6.54 Å². The van der Waals surface area contributed by atoms with Crippen LogP contribution in [0.1, 0.15) is 19.8 Å². The second-order valence-corrected chi connectivity index (χ2v) is 5.46. The van der Waals surface area contributed by atoms with E-state index in [1.807, 2.05) is 6.92 Å². The van der Waals surface area contributed by atoms with Crippen molar-refractivity contribution in [1.82, 2.24) is 4.72 Å². The van der Waals surface area contributed by atoms with Crippen molar-refractivity contribution in [2.24, 2.45) is 0 Å². The summed E-state index contributed by atoms with van der Waals surface area (Å²) in [6.07, 6.45) is 1.67. The number of nitrogens with one attached hydrogen (secondary N) is 1. The van der Waals surface area contributed by atoms with E-state index >= 15 is 0 Å². The zero-order chi connectivity index (χ0) is 12.9. The molecule has 0 bridgehead atoms. The SMILES string of the molecule is CCCCNS(=O)(=O)c1cccc(B(O)O)c1. The van der Waals surface area contributed by atoms with E-state index in [0.717, 1.165) is 12.8 Å². The highest BCUT2D eigenvalue weighted by atomic mass is 32.2. The zero-order valence-electron chi connectivity index (χ0n) is 9.63. The summed E-state index contributed by atoms with van der Waals surface area (Å²) < 4.78 is 26.1. The summed E-state index contributed by atoms with van der Waals surface area (Å²) in [6.45, 7) is 2.35. The van der Waals surface area contributed by atoms with Crippen molar-refractivity contribution in [1.29, 1.82) is 0 Å². The highest BCUT2D eigenvalue weighted by Gasteiger charge is 2.17. The Balaban J connectivity index is 2.87. The lowest BCUT2D eigenvalue weighted by Gasteiger charge is -2.07. The van der Waals surface area contributed by atoms with Gasteiger partial charge in [0.25, 0.3) is 0 Å². The normalized spacial score (nSPS) is 11.5. The maximum absolute atomic E-state index is 11.8. The van der Waals surface area contributed by atoms with E-state index in [-0.39, 0.29) is 10.4 Å². The number of sulfonamides is 1. The molecule has 1 rings (SSSR count). The van der Waals surface area contributed by atoms with Gasteiger partial charge in [0.1, 0.15) is 0 Å². The van der Waals surface area contributed by atoms with Gasteiger partial charge in [0.05, 0.1) is 4.90 Å². The molecule has 0 aromatic heterocycles. The van der Waals surface area contributed by atoms with Crippen LogP contribution in [0.2, 0.25) is 0 Å². The minimum atomic E-state index is -3.56. The average molecular weight is 257 g/mol. The Morgan fingerprint density at radius 2 is 2.06 bits per heavy atom. The Hall–Kier alpha value is -0.885. The second kappa shape index (κ2) is 6.16. The Bertz CT molecular complexity index is 461. The summed E-state index contributed by atoms with van der Waals surface area (Å²) in [4.78, 5) is 0.0409. The second-order valence-electron chi connectivity index (χ2n) is 3.70. The van der Waals surface area contributed by atoms with Gasteiger partial charge in [-0.3, -0.25) is 0 Å². The third-order valence-corrected chi connectivity index (χ3v) is 3.75. The van der Waals surface area contributed by atoms with Crippen LogP contribution in [0, 0.1) is 0 Å². The molecule has 0 saturated carbocycles. The van der Waals surface area contributed by atoms with Gasteiger partial charge in [-0.05, 0) is 24.0 Å². The molecule has 0 saturated heterocycles. The van der Waals surface area contributed by atoms with Crippen molar-refractivity contribution in [2.45, 2.75) is 24.7 Å². The van der Waals surface area contributed by atoms with Crippen LogP contribution in [0.4, 0.5) is 0 Å². The summed E-state index contributed by atoms with van der Waals surface area (Å²) >= 11 is 0. The lowest BCUT2D eigenvalue weighted by atomic mass is 9.81. The van der Waals surface area contributed by atoms with Gasteiger partial charge in [0.15, 0.2) is 0 Å². The molecule has 3 N–H and O–H groups in total. The molecule has 17 heavy (non-hydrogen) atoms. The molecule has 5 nitrogen and oxygen atoms in total. The smallest absolute Gasteiger partial charge is 0.423 e. The molecular formula is C10H16BNO4S. The van der Waals surface area contributed by atoms with Crippen LogP contribution < -0.4 is 10.2 Å². The third-order valence-electron chi connectivity index (χ3n) is 2.29. The Kier molecular flexibility index (Phi) is 5.13. The number of benzene rings is 1. The first-order valence-corrected chi connectivity index (χ1v) is 6.91. The van der Waals surface area contributed by atoms with Crippen LogP contribution in [0.15, 0.2) is 29.2 Å². The van der Waals surface area contributed by atoms with Gasteiger partial charge in [0, 0.05) is 6.54 Å². The van der Waals surface area contributed by atoms with Gasteiger partial charge in [0.2, 0.25) is 10.0 Å². The molecule has 0 radical (unpaired) electrons. The maximum atomic E-state index is 11.8. The fourth-order valence-electron chi connectivity index (χ4n) is 1.31. The Morgan fingerprint density at radius 3 is 2.65 bits per heavy atom. The first-order valence-electron chi connectivity index (χ1n) is 5.43. The zero-order valence-corrected chi connectivity index (χ0v) is 10.4. The number of hydrogen-bond donors (Lipinski definition) is 3. The highest BCUT2D eigenvalue weighted by Crippen LogP contribution is 2.06. The predicted molar refractivity (Wildman–Crippen MR) is 66.4 cm³/mol. The third kappa shape index (κ3) is 4.12. The molecule has 7 heteroatoms. The lowest BCUT2D eigenvalue weighted by Crippen LogP contribution is -2.31. The van der Waals surface area contributed by atoms with E-state index < -0.39 is 17.1 Å². The summed E-state index contributed by atoms with van der Waals surface area (Å²) in [5, 5.41) is 17.9. The first kappa shape index (κ1) is 14.2. The minimum Gasteiger partial charge on any atom is -0.423 e. The Morgan fingerprint density at radius 1 is 1.35 bits per heavy atom. The lowest BCUT2D eigenvalue weighted by molar-refractivity contribution is 0.425. The van der Waals surface area contributed by atoms with Gasteiger partial charge in [-0.1, -0.05) is 25.5 Å². The quantitative estimate of drug-likeness (QED) is 0.471. The van der Waals surface area contributed by atoms with Crippen molar-refractivity contribution in [3.8, 4) is 0 Å². The van der Waals surface area contributed by atoms with E-state index in [1.165, 1.54) is 24.3 Å². The van der Waals surface area contributed by atoms with Crippen LogP contribution in [0.5, 0.6) is 0 Å². The predicted octanol–water partition coefficient (Wildman–Crippen LogP) is -0.555. The van der Waals surface area contributed by atoms with Crippen LogP contribution >= 0.6 is 0 Å². The molecule has 0 atom stereocenters. The van der Waals surface area contributed by atoms with E-state index in [2.05, 4.69) is 4.72 Å². The van der Waals surface area contributed by atoms with Gasteiger partial charge < -0.3 is 10.0 Å². The molecule has 0 aliphatic carbocycles. The molecule has 0 heterocycles. The number of hydrogen-bond acceptors (Lipinski definition) is 4.